The zero-order chi connectivity index (χ0) is 20.9. The lowest BCUT2D eigenvalue weighted by Gasteiger charge is -2.19. The fraction of sp³-hybridized carbons (Fsp3) is 0.182. The fourth-order valence-corrected chi connectivity index (χ4v) is 2.34. The largest absolute Gasteiger partial charge is 0.456 e. The normalized spacial score (nSPS) is 10.9. The predicted molar refractivity (Wildman–Crippen MR) is 108 cm³/mol. The van der Waals surface area contributed by atoms with Crippen molar-refractivity contribution in [2.24, 2.45) is 0 Å². The van der Waals surface area contributed by atoms with Crippen LogP contribution in [-0.4, -0.2) is 27.4 Å². The number of para-hydroxylation sites is 1. The van der Waals surface area contributed by atoms with Crippen LogP contribution in [0.3, 0.4) is 0 Å². The quantitative estimate of drug-likeness (QED) is 0.645. The average Bonchev–Trinajstić information content (AvgIpc) is 2.68. The molecule has 7 heteroatoms. The predicted octanol–water partition coefficient (Wildman–Crippen LogP) is 4.48. The molecule has 0 spiro atoms. The number of esters is 1. The number of nitrogens with zero attached hydrogens (tertiary/aromatic N) is 2. The lowest BCUT2D eigenvalue weighted by Crippen LogP contribution is -2.24. The van der Waals surface area contributed by atoms with Gasteiger partial charge in [0.1, 0.15) is 11.4 Å². The van der Waals surface area contributed by atoms with Crippen LogP contribution >= 0.6 is 0 Å². The molecular weight excluding hydrogens is 370 g/mol. The number of anilines is 1. The Labute approximate surface area is 168 Å². The molecule has 0 fully saturated rings. The Morgan fingerprint density at radius 1 is 0.897 bits per heavy atom. The van der Waals surface area contributed by atoms with Crippen LogP contribution in [0.2, 0.25) is 0 Å². The van der Waals surface area contributed by atoms with E-state index in [1.807, 2.05) is 18.2 Å². The lowest BCUT2D eigenvalue weighted by atomic mass is 10.1. The summed E-state index contributed by atoms with van der Waals surface area (Å²) >= 11 is 0. The van der Waals surface area contributed by atoms with Crippen LogP contribution in [0.1, 0.15) is 41.5 Å². The number of carbonyl (C=O) groups is 2. The summed E-state index contributed by atoms with van der Waals surface area (Å²) in [6.07, 6.45) is 2.75. The highest BCUT2D eigenvalue weighted by Crippen LogP contribution is 2.18. The van der Waals surface area contributed by atoms with Crippen molar-refractivity contribution in [1.29, 1.82) is 0 Å². The number of carbonyl (C=O) groups excluding carboxylic acids is 2. The second kappa shape index (κ2) is 8.52. The van der Waals surface area contributed by atoms with Gasteiger partial charge in [-0.05, 0) is 51.1 Å². The highest BCUT2D eigenvalue weighted by Gasteiger charge is 2.18. The Hall–Kier alpha value is -3.74. The Balaban J connectivity index is 1.66. The van der Waals surface area contributed by atoms with E-state index >= 15 is 0 Å². The van der Waals surface area contributed by atoms with Gasteiger partial charge in [-0.2, -0.15) is 0 Å². The molecule has 7 nitrogen and oxygen atoms in total. The zero-order valence-corrected chi connectivity index (χ0v) is 16.4. The molecule has 0 radical (unpaired) electrons. The first-order valence-corrected chi connectivity index (χ1v) is 9.00. The Bertz CT molecular complexity index is 997. The van der Waals surface area contributed by atoms with E-state index in [9.17, 15) is 9.59 Å². The summed E-state index contributed by atoms with van der Waals surface area (Å²) < 4.78 is 10.9. The van der Waals surface area contributed by atoms with Crippen LogP contribution in [0.5, 0.6) is 11.8 Å². The summed E-state index contributed by atoms with van der Waals surface area (Å²) in [5, 5.41) is 2.72. The van der Waals surface area contributed by atoms with Gasteiger partial charge >= 0.3 is 12.0 Å². The SMILES string of the molecule is CC(C)(C)OC(=O)c1cccc(NC(=O)c2cnc(Oc3ccccc3)nc2)c1. The number of amides is 1. The van der Waals surface area contributed by atoms with Crippen LogP contribution in [0.4, 0.5) is 5.69 Å². The second-order valence-corrected chi connectivity index (χ2v) is 7.21. The first-order chi connectivity index (χ1) is 13.8. The molecule has 0 aliphatic carbocycles. The molecule has 0 aliphatic rings. The van der Waals surface area contributed by atoms with Gasteiger partial charge in [-0.1, -0.05) is 24.3 Å². The van der Waals surface area contributed by atoms with E-state index in [0.29, 0.717) is 17.0 Å². The molecule has 1 heterocycles. The molecule has 0 unspecified atom stereocenters. The van der Waals surface area contributed by atoms with Crippen molar-refractivity contribution in [2.45, 2.75) is 26.4 Å². The topological polar surface area (TPSA) is 90.4 Å². The van der Waals surface area contributed by atoms with Gasteiger partial charge in [0.2, 0.25) is 0 Å². The summed E-state index contributed by atoms with van der Waals surface area (Å²) in [6.45, 7) is 5.38. The van der Waals surface area contributed by atoms with E-state index in [0.717, 1.165) is 0 Å². The van der Waals surface area contributed by atoms with Crippen LogP contribution < -0.4 is 10.1 Å². The van der Waals surface area contributed by atoms with Crippen molar-refractivity contribution in [2.75, 3.05) is 5.32 Å². The first-order valence-electron chi connectivity index (χ1n) is 9.00. The van der Waals surface area contributed by atoms with Gasteiger partial charge in [0, 0.05) is 18.1 Å². The number of hydrogen-bond acceptors (Lipinski definition) is 6. The summed E-state index contributed by atoms with van der Waals surface area (Å²) in [7, 11) is 0. The van der Waals surface area contributed by atoms with Crippen molar-refractivity contribution in [3.63, 3.8) is 0 Å². The minimum Gasteiger partial charge on any atom is -0.456 e. The van der Waals surface area contributed by atoms with Crippen LogP contribution in [0.25, 0.3) is 0 Å². The summed E-state index contributed by atoms with van der Waals surface area (Å²) in [4.78, 5) is 32.7. The van der Waals surface area contributed by atoms with E-state index < -0.39 is 17.5 Å². The third-order valence-corrected chi connectivity index (χ3v) is 3.60. The molecule has 0 saturated heterocycles. The van der Waals surface area contributed by atoms with E-state index in [1.165, 1.54) is 12.4 Å². The van der Waals surface area contributed by atoms with Crippen molar-refractivity contribution < 1.29 is 19.1 Å². The van der Waals surface area contributed by atoms with Crippen LogP contribution in [0.15, 0.2) is 67.0 Å². The van der Waals surface area contributed by atoms with E-state index in [1.54, 1.807) is 57.2 Å². The minimum atomic E-state index is -0.600. The summed E-state index contributed by atoms with van der Waals surface area (Å²) in [6, 6.07) is 15.8. The van der Waals surface area contributed by atoms with Gasteiger partial charge < -0.3 is 14.8 Å². The average molecular weight is 391 g/mol. The van der Waals surface area contributed by atoms with Gasteiger partial charge in [-0.3, -0.25) is 4.79 Å². The van der Waals surface area contributed by atoms with Gasteiger partial charge in [-0.25, -0.2) is 14.8 Å². The van der Waals surface area contributed by atoms with Crippen LogP contribution in [-0.2, 0) is 4.74 Å². The maximum Gasteiger partial charge on any atom is 0.338 e. The summed E-state index contributed by atoms with van der Waals surface area (Å²) in [5.74, 6) is -0.263. The molecule has 1 aromatic heterocycles. The highest BCUT2D eigenvalue weighted by atomic mass is 16.6. The molecule has 1 amide bonds. The minimum absolute atomic E-state index is 0.139. The molecule has 0 saturated carbocycles. The van der Waals surface area contributed by atoms with Crippen molar-refractivity contribution in [3.05, 3.63) is 78.1 Å². The van der Waals surface area contributed by atoms with E-state index in [2.05, 4.69) is 15.3 Å². The third kappa shape index (κ3) is 5.87. The number of benzene rings is 2. The molecule has 1 N–H and O–H groups in total. The lowest BCUT2D eigenvalue weighted by molar-refractivity contribution is 0.00694. The van der Waals surface area contributed by atoms with Crippen LogP contribution in [0, 0.1) is 0 Å². The fourth-order valence-electron chi connectivity index (χ4n) is 2.34. The van der Waals surface area contributed by atoms with Gasteiger partial charge in [0.25, 0.3) is 5.91 Å². The van der Waals surface area contributed by atoms with Gasteiger partial charge in [0.15, 0.2) is 0 Å². The highest BCUT2D eigenvalue weighted by molar-refractivity contribution is 6.04. The Morgan fingerprint density at radius 2 is 1.59 bits per heavy atom. The van der Waals surface area contributed by atoms with Crippen molar-refractivity contribution in [3.8, 4) is 11.8 Å². The molecule has 3 rings (SSSR count). The number of nitrogens with one attached hydrogen (secondary N) is 1. The Morgan fingerprint density at radius 3 is 2.24 bits per heavy atom. The molecule has 2 aromatic carbocycles. The molecular formula is C22H21N3O4. The number of rotatable bonds is 5. The molecule has 29 heavy (non-hydrogen) atoms. The van der Waals surface area contributed by atoms with Gasteiger partial charge in [-0.15, -0.1) is 0 Å². The molecule has 148 valence electrons. The molecule has 0 bridgehead atoms. The van der Waals surface area contributed by atoms with E-state index in [-0.39, 0.29) is 11.6 Å². The third-order valence-electron chi connectivity index (χ3n) is 3.60. The zero-order valence-electron chi connectivity index (χ0n) is 16.4. The molecule has 3 aromatic rings. The number of hydrogen-bond donors (Lipinski definition) is 1. The Kier molecular flexibility index (Phi) is 5.87. The first kappa shape index (κ1) is 20.0. The van der Waals surface area contributed by atoms with Gasteiger partial charge in [0.05, 0.1) is 11.1 Å². The van der Waals surface area contributed by atoms with Crippen molar-refractivity contribution >= 4 is 17.6 Å². The van der Waals surface area contributed by atoms with Crippen molar-refractivity contribution in [1.82, 2.24) is 9.97 Å². The maximum atomic E-state index is 12.4. The van der Waals surface area contributed by atoms with E-state index in [4.69, 9.17) is 9.47 Å². The monoisotopic (exact) mass is 391 g/mol. The maximum absolute atomic E-state index is 12.4. The standard InChI is InChI=1S/C22H21N3O4/c1-22(2,3)29-20(27)15-8-7-9-17(12-15)25-19(26)16-13-23-21(24-14-16)28-18-10-5-4-6-11-18/h4-14H,1-3H3,(H,25,26). The number of ether oxygens (including phenoxy) is 2. The summed E-state index contributed by atoms with van der Waals surface area (Å²) in [5.41, 5.74) is 0.466. The smallest absolute Gasteiger partial charge is 0.338 e. The molecule has 0 atom stereocenters. The second-order valence-electron chi connectivity index (χ2n) is 7.21. The molecule has 0 aliphatic heterocycles. The number of aromatic nitrogens is 2.